The molecular weight excluding hydrogens is 444 g/mol. The Balaban J connectivity index is 1.58. The number of nitrogens with one attached hydrogen (secondary N) is 2. The predicted octanol–water partition coefficient (Wildman–Crippen LogP) is 4.72. The molecule has 2 aromatic rings. The lowest BCUT2D eigenvalue weighted by Crippen LogP contribution is -2.47. The molecule has 2 unspecified atom stereocenters. The van der Waals surface area contributed by atoms with Crippen molar-refractivity contribution in [3.8, 4) is 11.1 Å². The minimum absolute atomic E-state index is 0.0508. The quantitative estimate of drug-likeness (QED) is 0.429. The van der Waals surface area contributed by atoms with Gasteiger partial charge in [0.2, 0.25) is 5.91 Å². The van der Waals surface area contributed by atoms with Crippen molar-refractivity contribution in [3.05, 3.63) is 71.3 Å². The number of rotatable bonds is 10. The second kappa shape index (κ2) is 11.7. The van der Waals surface area contributed by atoms with E-state index in [9.17, 15) is 19.5 Å². The maximum Gasteiger partial charge on any atom is 0.407 e. The van der Waals surface area contributed by atoms with Crippen LogP contribution in [0.5, 0.6) is 0 Å². The van der Waals surface area contributed by atoms with Crippen molar-refractivity contribution in [2.75, 3.05) is 13.2 Å². The molecule has 7 nitrogen and oxygen atoms in total. The Morgan fingerprint density at radius 3 is 2.09 bits per heavy atom. The largest absolute Gasteiger partial charge is 0.480 e. The number of fused-ring (bicyclic) bond motifs is 3. The lowest BCUT2D eigenvalue weighted by molar-refractivity contribution is -0.142. The molecule has 0 saturated heterocycles. The van der Waals surface area contributed by atoms with Gasteiger partial charge in [0, 0.05) is 12.5 Å². The summed E-state index contributed by atoms with van der Waals surface area (Å²) in [5.74, 6) is -2.26. The van der Waals surface area contributed by atoms with Crippen LogP contribution < -0.4 is 10.6 Å². The smallest absolute Gasteiger partial charge is 0.407 e. The fraction of sp³-hybridized carbons (Fsp3) is 0.393. The molecule has 35 heavy (non-hydrogen) atoms. The van der Waals surface area contributed by atoms with E-state index >= 15 is 0 Å². The van der Waals surface area contributed by atoms with Gasteiger partial charge in [0.25, 0.3) is 0 Å². The Hall–Kier alpha value is -3.61. The first-order valence-corrected chi connectivity index (χ1v) is 11.9. The third-order valence-electron chi connectivity index (χ3n) is 6.33. The zero-order valence-electron chi connectivity index (χ0n) is 20.7. The van der Waals surface area contributed by atoms with Gasteiger partial charge >= 0.3 is 12.1 Å². The third-order valence-corrected chi connectivity index (χ3v) is 6.33. The van der Waals surface area contributed by atoms with Gasteiger partial charge < -0.3 is 20.5 Å². The molecule has 0 heterocycles. The van der Waals surface area contributed by atoms with E-state index in [1.54, 1.807) is 6.08 Å². The van der Waals surface area contributed by atoms with Crippen LogP contribution in [-0.2, 0) is 14.3 Å². The maximum absolute atomic E-state index is 12.8. The Morgan fingerprint density at radius 1 is 1.00 bits per heavy atom. The van der Waals surface area contributed by atoms with Crippen LogP contribution in [0.3, 0.4) is 0 Å². The van der Waals surface area contributed by atoms with E-state index in [-0.39, 0.29) is 31.4 Å². The number of hydrogen-bond donors (Lipinski definition) is 3. The normalized spacial score (nSPS) is 13.9. The lowest BCUT2D eigenvalue weighted by atomic mass is 9.94. The number of amides is 2. The second-order valence-electron chi connectivity index (χ2n) is 9.47. The van der Waals surface area contributed by atoms with Crippen molar-refractivity contribution in [2.24, 2.45) is 11.8 Å². The zero-order valence-corrected chi connectivity index (χ0v) is 20.7. The molecule has 0 spiro atoms. The highest BCUT2D eigenvalue weighted by atomic mass is 16.5. The number of carboxylic acids is 1. The molecule has 0 aliphatic heterocycles. The topological polar surface area (TPSA) is 105 Å². The van der Waals surface area contributed by atoms with Gasteiger partial charge in [-0.2, -0.15) is 0 Å². The van der Waals surface area contributed by atoms with Crippen molar-refractivity contribution >= 4 is 18.0 Å². The lowest BCUT2D eigenvalue weighted by Gasteiger charge is -2.23. The van der Waals surface area contributed by atoms with Crippen molar-refractivity contribution in [3.63, 3.8) is 0 Å². The fourth-order valence-electron chi connectivity index (χ4n) is 4.33. The van der Waals surface area contributed by atoms with Crippen LogP contribution in [0.25, 0.3) is 11.1 Å². The van der Waals surface area contributed by atoms with Gasteiger partial charge in [-0.25, -0.2) is 9.59 Å². The first-order valence-electron chi connectivity index (χ1n) is 11.9. The first kappa shape index (κ1) is 26.0. The van der Waals surface area contributed by atoms with Crippen LogP contribution in [0.1, 0.15) is 51.2 Å². The van der Waals surface area contributed by atoms with Crippen LogP contribution in [0.15, 0.2) is 60.2 Å². The summed E-state index contributed by atoms with van der Waals surface area (Å²) in [6.45, 7) is 7.69. The van der Waals surface area contributed by atoms with E-state index in [0.717, 1.165) is 27.8 Å². The molecule has 3 N–H and O–H groups in total. The summed E-state index contributed by atoms with van der Waals surface area (Å²) in [4.78, 5) is 36.9. The van der Waals surface area contributed by atoms with Gasteiger partial charge in [-0.1, -0.05) is 74.0 Å². The van der Waals surface area contributed by atoms with Crippen molar-refractivity contribution in [2.45, 2.75) is 46.1 Å². The number of ether oxygens (including phenoxy) is 1. The van der Waals surface area contributed by atoms with Gasteiger partial charge in [0.05, 0.1) is 5.92 Å². The molecule has 2 amide bonds. The van der Waals surface area contributed by atoms with E-state index in [0.29, 0.717) is 0 Å². The minimum atomic E-state index is -1.09. The summed E-state index contributed by atoms with van der Waals surface area (Å²) in [6, 6.07) is 15.2. The Bertz CT molecular complexity index is 1060. The van der Waals surface area contributed by atoms with Crippen LogP contribution in [-0.4, -0.2) is 42.3 Å². The molecule has 1 aliphatic rings. The molecule has 3 rings (SSSR count). The molecule has 0 fully saturated rings. The van der Waals surface area contributed by atoms with Crippen LogP contribution >= 0.6 is 0 Å². The number of carbonyl (C=O) groups is 3. The molecule has 1 aliphatic carbocycles. The Labute approximate surface area is 206 Å². The maximum atomic E-state index is 12.8. The van der Waals surface area contributed by atoms with Gasteiger partial charge in [-0.05, 0) is 48.4 Å². The Kier molecular flexibility index (Phi) is 8.68. The summed E-state index contributed by atoms with van der Waals surface area (Å²) in [5, 5.41) is 14.7. The second-order valence-corrected chi connectivity index (χ2v) is 9.47. The highest BCUT2D eigenvalue weighted by Gasteiger charge is 2.30. The Morgan fingerprint density at radius 2 is 1.57 bits per heavy atom. The molecule has 2 atom stereocenters. The van der Waals surface area contributed by atoms with Crippen LogP contribution in [0, 0.1) is 11.8 Å². The molecule has 7 heteroatoms. The van der Waals surface area contributed by atoms with Gasteiger partial charge in [0.1, 0.15) is 12.6 Å². The molecule has 0 aromatic heterocycles. The zero-order chi connectivity index (χ0) is 25.5. The van der Waals surface area contributed by atoms with E-state index < -0.39 is 29.9 Å². The highest BCUT2D eigenvalue weighted by molar-refractivity contribution is 5.85. The van der Waals surface area contributed by atoms with Crippen molar-refractivity contribution in [1.29, 1.82) is 0 Å². The van der Waals surface area contributed by atoms with Crippen LogP contribution in [0.4, 0.5) is 4.79 Å². The van der Waals surface area contributed by atoms with Gasteiger partial charge in [-0.15, -0.1) is 0 Å². The molecule has 0 bridgehead atoms. The van der Waals surface area contributed by atoms with E-state index in [1.165, 1.54) is 0 Å². The minimum Gasteiger partial charge on any atom is -0.480 e. The summed E-state index contributed by atoms with van der Waals surface area (Å²) < 4.78 is 5.55. The first-order chi connectivity index (χ1) is 16.7. The average molecular weight is 479 g/mol. The average Bonchev–Trinajstić information content (AvgIpc) is 3.13. The summed E-state index contributed by atoms with van der Waals surface area (Å²) in [6.07, 6.45) is 1.37. The van der Waals surface area contributed by atoms with E-state index in [2.05, 4.69) is 34.9 Å². The standard InChI is InChI=1S/C28H34N2O5/c1-17(2)13-14-25(27(32)33)30-26(31)23(18(3)4)15-29-28(34)35-16-24-21-11-7-5-9-19(21)20-10-6-8-12-22(20)24/h5-13,18,23-25H,14-16H2,1-4H3,(H,29,34)(H,30,31)(H,32,33). The van der Waals surface area contributed by atoms with Gasteiger partial charge in [0.15, 0.2) is 0 Å². The SMILES string of the molecule is CC(C)=CCC(NC(=O)C(CNC(=O)OCC1c2ccccc2-c2ccccc21)C(C)C)C(=O)O. The third kappa shape index (κ3) is 6.50. The van der Waals surface area contributed by atoms with Crippen molar-refractivity contribution < 1.29 is 24.2 Å². The predicted molar refractivity (Wildman–Crippen MR) is 135 cm³/mol. The molecule has 0 saturated carbocycles. The number of hydrogen-bond acceptors (Lipinski definition) is 4. The summed E-state index contributed by atoms with van der Waals surface area (Å²) in [5.41, 5.74) is 5.52. The van der Waals surface area contributed by atoms with E-state index in [1.807, 2.05) is 52.0 Å². The molecular formula is C28H34N2O5. The highest BCUT2D eigenvalue weighted by Crippen LogP contribution is 2.44. The molecule has 186 valence electrons. The monoisotopic (exact) mass is 478 g/mol. The number of allylic oxidation sites excluding steroid dienone is 1. The fourth-order valence-corrected chi connectivity index (χ4v) is 4.33. The number of aliphatic carboxylic acids is 1. The van der Waals surface area contributed by atoms with Crippen LogP contribution in [0.2, 0.25) is 0 Å². The number of carbonyl (C=O) groups excluding carboxylic acids is 2. The summed E-state index contributed by atoms with van der Waals surface area (Å²) >= 11 is 0. The van der Waals surface area contributed by atoms with Crippen molar-refractivity contribution in [1.82, 2.24) is 10.6 Å². The molecule has 0 radical (unpaired) electrons. The van der Waals surface area contributed by atoms with Gasteiger partial charge in [-0.3, -0.25) is 4.79 Å². The number of benzene rings is 2. The number of carboxylic acid groups (broad SMARTS) is 1. The molecule has 2 aromatic carbocycles. The number of alkyl carbamates (subject to hydrolysis) is 1. The van der Waals surface area contributed by atoms with E-state index in [4.69, 9.17) is 4.74 Å². The summed E-state index contributed by atoms with van der Waals surface area (Å²) in [7, 11) is 0.